The fraction of sp³-hybridized carbons (Fsp3) is 0.231. The first-order chi connectivity index (χ1) is 16.9. The van der Waals surface area contributed by atoms with Gasteiger partial charge in [0.2, 0.25) is 11.8 Å². The van der Waals surface area contributed by atoms with Gasteiger partial charge in [-0.05, 0) is 48.5 Å². The molecule has 6 nitrogen and oxygen atoms in total. The van der Waals surface area contributed by atoms with Crippen molar-refractivity contribution in [2.24, 2.45) is 0 Å². The highest BCUT2D eigenvalue weighted by Crippen LogP contribution is 2.34. The summed E-state index contributed by atoms with van der Waals surface area (Å²) in [7, 11) is 0. The zero-order valence-corrected chi connectivity index (χ0v) is 21.3. The molecular weight excluding hydrogens is 509 g/mol. The molecule has 1 aliphatic rings. The summed E-state index contributed by atoms with van der Waals surface area (Å²) in [4.78, 5) is 28.7. The molecule has 4 rings (SSSR count). The van der Waals surface area contributed by atoms with Crippen molar-refractivity contribution in [3.63, 3.8) is 0 Å². The Morgan fingerprint density at radius 3 is 2.54 bits per heavy atom. The number of halogens is 3. The normalized spacial score (nSPS) is 13.9. The molecule has 182 valence electrons. The maximum atomic E-state index is 12.7. The van der Waals surface area contributed by atoms with Gasteiger partial charge in [-0.1, -0.05) is 47.8 Å². The molecule has 35 heavy (non-hydrogen) atoms. The second kappa shape index (κ2) is 11.2. The summed E-state index contributed by atoms with van der Waals surface area (Å²) in [5.74, 6) is 0.870. The topological polar surface area (TPSA) is 65.8 Å². The Hall–Kier alpha value is -2.93. The number of rotatable bonds is 6. The minimum absolute atomic E-state index is 0.151. The SMILES string of the molecule is CCC(=O)N1CCN(c2ccc(Cl)cc2NC(=O)/C=C/c2ccc(-c3cccc(Cl)c3Cl)o2)CC1. The van der Waals surface area contributed by atoms with Gasteiger partial charge in [-0.25, -0.2) is 0 Å². The molecule has 0 bridgehead atoms. The van der Waals surface area contributed by atoms with Crippen LogP contribution in [0.5, 0.6) is 0 Å². The number of hydrogen-bond acceptors (Lipinski definition) is 4. The number of amides is 2. The third-order valence-electron chi connectivity index (χ3n) is 5.73. The van der Waals surface area contributed by atoms with E-state index in [9.17, 15) is 9.59 Å². The molecule has 0 spiro atoms. The van der Waals surface area contributed by atoms with E-state index in [1.165, 1.54) is 6.08 Å². The zero-order chi connectivity index (χ0) is 24.9. The van der Waals surface area contributed by atoms with Crippen LogP contribution in [0.1, 0.15) is 19.1 Å². The lowest BCUT2D eigenvalue weighted by atomic mass is 10.2. The summed E-state index contributed by atoms with van der Waals surface area (Å²) in [5.41, 5.74) is 2.14. The van der Waals surface area contributed by atoms with Crippen LogP contribution in [0.3, 0.4) is 0 Å². The quantitative estimate of drug-likeness (QED) is 0.363. The van der Waals surface area contributed by atoms with E-state index in [-0.39, 0.29) is 11.8 Å². The first-order valence-corrected chi connectivity index (χ1v) is 12.3. The average molecular weight is 533 g/mol. The van der Waals surface area contributed by atoms with E-state index >= 15 is 0 Å². The molecule has 0 radical (unpaired) electrons. The van der Waals surface area contributed by atoms with Gasteiger partial charge in [0.25, 0.3) is 0 Å². The molecule has 3 aromatic rings. The lowest BCUT2D eigenvalue weighted by Gasteiger charge is -2.37. The van der Waals surface area contributed by atoms with Crippen LogP contribution >= 0.6 is 34.8 Å². The molecule has 1 aliphatic heterocycles. The summed E-state index contributed by atoms with van der Waals surface area (Å²) >= 11 is 18.6. The van der Waals surface area contributed by atoms with E-state index < -0.39 is 0 Å². The molecule has 0 aliphatic carbocycles. The van der Waals surface area contributed by atoms with E-state index in [1.54, 1.807) is 42.5 Å². The van der Waals surface area contributed by atoms with E-state index in [0.717, 1.165) is 5.69 Å². The number of carbonyl (C=O) groups is 2. The van der Waals surface area contributed by atoms with Crippen molar-refractivity contribution in [3.8, 4) is 11.3 Å². The molecule has 1 fully saturated rings. The number of hydrogen-bond donors (Lipinski definition) is 1. The van der Waals surface area contributed by atoms with Crippen LogP contribution in [0.15, 0.2) is 59.0 Å². The lowest BCUT2D eigenvalue weighted by Crippen LogP contribution is -2.48. The smallest absolute Gasteiger partial charge is 0.248 e. The Labute approximate surface area is 219 Å². The molecule has 2 aromatic carbocycles. The number of nitrogens with zero attached hydrogens (tertiary/aromatic N) is 2. The van der Waals surface area contributed by atoms with Crippen LogP contribution in [-0.2, 0) is 9.59 Å². The van der Waals surface area contributed by atoms with Crippen molar-refractivity contribution in [2.75, 3.05) is 36.4 Å². The molecule has 1 N–H and O–H groups in total. The third kappa shape index (κ3) is 6.01. The van der Waals surface area contributed by atoms with Crippen molar-refractivity contribution >= 4 is 64.1 Å². The minimum Gasteiger partial charge on any atom is -0.457 e. The number of furan rings is 1. The van der Waals surface area contributed by atoms with Gasteiger partial charge in [0, 0.05) is 49.3 Å². The number of benzene rings is 2. The Morgan fingerprint density at radius 2 is 1.80 bits per heavy atom. The Kier molecular flexibility index (Phi) is 8.06. The summed E-state index contributed by atoms with van der Waals surface area (Å²) in [6.07, 6.45) is 3.47. The molecule has 0 unspecified atom stereocenters. The minimum atomic E-state index is -0.327. The van der Waals surface area contributed by atoms with Gasteiger partial charge in [0.15, 0.2) is 0 Å². The van der Waals surface area contributed by atoms with E-state index in [1.807, 2.05) is 24.0 Å². The van der Waals surface area contributed by atoms with Crippen LogP contribution < -0.4 is 10.2 Å². The fourth-order valence-electron chi connectivity index (χ4n) is 3.92. The third-order valence-corrected chi connectivity index (χ3v) is 6.79. The van der Waals surface area contributed by atoms with Crippen LogP contribution in [-0.4, -0.2) is 42.9 Å². The van der Waals surface area contributed by atoms with Gasteiger partial charge in [0.05, 0.1) is 21.4 Å². The van der Waals surface area contributed by atoms with Gasteiger partial charge in [-0.15, -0.1) is 0 Å². The second-order valence-corrected chi connectivity index (χ2v) is 9.23. The fourth-order valence-corrected chi connectivity index (χ4v) is 4.48. The van der Waals surface area contributed by atoms with Crippen molar-refractivity contribution in [1.82, 2.24) is 4.90 Å². The summed E-state index contributed by atoms with van der Waals surface area (Å²) in [6.45, 7) is 4.49. The molecule has 9 heteroatoms. The summed E-state index contributed by atoms with van der Waals surface area (Å²) in [6, 6.07) is 14.2. The maximum Gasteiger partial charge on any atom is 0.248 e. The van der Waals surface area contributed by atoms with E-state index in [4.69, 9.17) is 39.2 Å². The van der Waals surface area contributed by atoms with Crippen molar-refractivity contribution in [3.05, 3.63) is 75.4 Å². The van der Waals surface area contributed by atoms with Crippen LogP contribution in [0.4, 0.5) is 11.4 Å². The van der Waals surface area contributed by atoms with Crippen molar-refractivity contribution in [2.45, 2.75) is 13.3 Å². The number of carbonyl (C=O) groups excluding carboxylic acids is 2. The largest absolute Gasteiger partial charge is 0.457 e. The van der Waals surface area contributed by atoms with E-state index in [2.05, 4.69) is 10.2 Å². The monoisotopic (exact) mass is 531 g/mol. The van der Waals surface area contributed by atoms with E-state index in [0.29, 0.717) is 70.4 Å². The highest BCUT2D eigenvalue weighted by Gasteiger charge is 2.22. The molecule has 1 aromatic heterocycles. The standard InChI is InChI=1S/C26H24Cl3N3O3/c1-2-25(34)32-14-12-31(13-15-32)22-9-6-17(27)16-21(22)30-24(33)11-8-18-7-10-23(35-18)19-4-3-5-20(28)26(19)29/h3-11,16H,2,12-15H2,1H3,(H,30,33)/b11-8+. The molecule has 1 saturated heterocycles. The highest BCUT2D eigenvalue weighted by molar-refractivity contribution is 6.43. The average Bonchev–Trinajstić information content (AvgIpc) is 3.33. The molecule has 0 saturated carbocycles. The second-order valence-electron chi connectivity index (χ2n) is 8.01. The Bertz CT molecular complexity index is 1260. The van der Waals surface area contributed by atoms with Gasteiger partial charge in [-0.2, -0.15) is 0 Å². The lowest BCUT2D eigenvalue weighted by molar-refractivity contribution is -0.131. The Balaban J connectivity index is 1.44. The van der Waals surface area contributed by atoms with Gasteiger partial charge in [-0.3, -0.25) is 9.59 Å². The molecule has 2 amide bonds. The first-order valence-electron chi connectivity index (χ1n) is 11.2. The molecule has 2 heterocycles. The maximum absolute atomic E-state index is 12.7. The van der Waals surface area contributed by atoms with Crippen LogP contribution in [0, 0.1) is 0 Å². The molecule has 0 atom stereocenters. The van der Waals surface area contributed by atoms with Gasteiger partial charge >= 0.3 is 0 Å². The Morgan fingerprint density at radius 1 is 1.03 bits per heavy atom. The zero-order valence-electron chi connectivity index (χ0n) is 19.1. The summed E-state index contributed by atoms with van der Waals surface area (Å²) in [5, 5.41) is 4.27. The number of nitrogens with one attached hydrogen (secondary N) is 1. The summed E-state index contributed by atoms with van der Waals surface area (Å²) < 4.78 is 5.81. The van der Waals surface area contributed by atoms with Crippen LogP contribution in [0.25, 0.3) is 17.4 Å². The predicted molar refractivity (Wildman–Crippen MR) is 142 cm³/mol. The van der Waals surface area contributed by atoms with Gasteiger partial charge < -0.3 is 19.5 Å². The van der Waals surface area contributed by atoms with Crippen LogP contribution in [0.2, 0.25) is 15.1 Å². The predicted octanol–water partition coefficient (Wildman–Crippen LogP) is 6.62. The van der Waals surface area contributed by atoms with Crippen molar-refractivity contribution in [1.29, 1.82) is 0 Å². The number of piperazine rings is 1. The first kappa shape index (κ1) is 25.2. The van der Waals surface area contributed by atoms with Gasteiger partial charge in [0.1, 0.15) is 11.5 Å². The number of anilines is 2. The van der Waals surface area contributed by atoms with Crippen molar-refractivity contribution < 1.29 is 14.0 Å². The molecular formula is C26H24Cl3N3O3. The highest BCUT2D eigenvalue weighted by atomic mass is 35.5.